The van der Waals surface area contributed by atoms with Crippen molar-refractivity contribution in [3.8, 4) is 0 Å². The second-order valence-corrected chi connectivity index (χ2v) is 6.59. The number of amides is 2. The molecule has 2 atom stereocenters. The Labute approximate surface area is 151 Å². The van der Waals surface area contributed by atoms with Gasteiger partial charge in [0.15, 0.2) is 6.10 Å². The van der Waals surface area contributed by atoms with Crippen LogP contribution in [0.5, 0.6) is 0 Å². The number of anilines is 1. The smallest absolute Gasteiger partial charge is 0.329 e. The second kappa shape index (κ2) is 8.80. The second-order valence-electron chi connectivity index (χ2n) is 6.15. The minimum atomic E-state index is -1.01. The molecule has 136 valence electrons. The first kappa shape index (κ1) is 19.2. The van der Waals surface area contributed by atoms with Gasteiger partial charge in [-0.05, 0) is 37.8 Å². The number of pyridine rings is 1. The third kappa shape index (κ3) is 5.70. The van der Waals surface area contributed by atoms with Gasteiger partial charge in [0.05, 0.1) is 5.02 Å². The minimum absolute atomic E-state index is 0.0459. The maximum absolute atomic E-state index is 12.4. The highest BCUT2D eigenvalue weighted by atomic mass is 35.5. The van der Waals surface area contributed by atoms with Gasteiger partial charge in [-0.25, -0.2) is 9.78 Å². The van der Waals surface area contributed by atoms with Gasteiger partial charge < -0.3 is 15.4 Å². The van der Waals surface area contributed by atoms with E-state index in [0.29, 0.717) is 10.8 Å². The molecule has 0 saturated heterocycles. The average Bonchev–Trinajstić information content (AvgIpc) is 3.08. The summed E-state index contributed by atoms with van der Waals surface area (Å²) in [7, 11) is 0. The van der Waals surface area contributed by atoms with Crippen molar-refractivity contribution in [3.05, 3.63) is 23.4 Å². The summed E-state index contributed by atoms with van der Waals surface area (Å²) in [6, 6.07) is 2.42. The van der Waals surface area contributed by atoms with E-state index in [1.807, 2.05) is 0 Å². The van der Waals surface area contributed by atoms with Crippen molar-refractivity contribution in [1.29, 1.82) is 0 Å². The first-order chi connectivity index (χ1) is 11.9. The van der Waals surface area contributed by atoms with Crippen molar-refractivity contribution in [2.75, 3.05) is 5.32 Å². The van der Waals surface area contributed by atoms with Crippen LogP contribution in [-0.2, 0) is 19.1 Å². The number of nitrogens with zero attached hydrogens (tertiary/aromatic N) is 1. The van der Waals surface area contributed by atoms with E-state index in [1.54, 1.807) is 12.1 Å². The van der Waals surface area contributed by atoms with Gasteiger partial charge in [-0.3, -0.25) is 9.59 Å². The van der Waals surface area contributed by atoms with Gasteiger partial charge >= 0.3 is 5.97 Å². The monoisotopic (exact) mass is 367 g/mol. The molecule has 1 aliphatic carbocycles. The van der Waals surface area contributed by atoms with E-state index in [9.17, 15) is 14.4 Å². The summed E-state index contributed by atoms with van der Waals surface area (Å²) in [6.07, 6.45) is 4.15. The molecule has 7 nitrogen and oxygen atoms in total. The zero-order chi connectivity index (χ0) is 18.4. The molecule has 2 amide bonds. The lowest BCUT2D eigenvalue weighted by atomic mass is 9.98. The number of carbonyl (C=O) groups excluding carboxylic acids is 3. The molecule has 1 aromatic rings. The SMILES string of the molecule is CC(=O)NC(C(=O)OC(C)C(=O)Nc1ccc(Cl)cn1)C1CCCC1. The predicted molar refractivity (Wildman–Crippen MR) is 93.0 cm³/mol. The van der Waals surface area contributed by atoms with Crippen molar-refractivity contribution in [2.45, 2.75) is 51.7 Å². The van der Waals surface area contributed by atoms with Crippen LogP contribution in [0, 0.1) is 5.92 Å². The van der Waals surface area contributed by atoms with Gasteiger partial charge in [-0.15, -0.1) is 0 Å². The van der Waals surface area contributed by atoms with E-state index in [4.69, 9.17) is 16.3 Å². The Kier molecular flexibility index (Phi) is 6.75. The number of ether oxygens (including phenoxy) is 1. The predicted octanol–water partition coefficient (Wildman–Crippen LogP) is 2.30. The number of rotatable bonds is 6. The fraction of sp³-hybridized carbons (Fsp3) is 0.529. The highest BCUT2D eigenvalue weighted by Gasteiger charge is 2.34. The van der Waals surface area contributed by atoms with Gasteiger partial charge in [0.1, 0.15) is 11.9 Å². The van der Waals surface area contributed by atoms with E-state index in [2.05, 4.69) is 15.6 Å². The van der Waals surface area contributed by atoms with Crippen molar-refractivity contribution in [3.63, 3.8) is 0 Å². The number of hydrogen-bond donors (Lipinski definition) is 2. The molecule has 2 unspecified atom stereocenters. The van der Waals surface area contributed by atoms with Crippen LogP contribution in [0.2, 0.25) is 5.02 Å². The fourth-order valence-corrected chi connectivity index (χ4v) is 2.97. The van der Waals surface area contributed by atoms with E-state index < -0.39 is 24.0 Å². The first-order valence-electron chi connectivity index (χ1n) is 8.27. The number of carbonyl (C=O) groups is 3. The molecule has 1 aliphatic rings. The summed E-state index contributed by atoms with van der Waals surface area (Å²) in [5.74, 6) is -1.03. The molecule has 25 heavy (non-hydrogen) atoms. The summed E-state index contributed by atoms with van der Waals surface area (Å²) >= 11 is 5.74. The molecule has 0 aliphatic heterocycles. The van der Waals surface area contributed by atoms with Gasteiger partial charge in [0.25, 0.3) is 5.91 Å². The number of aromatic nitrogens is 1. The molecule has 2 rings (SSSR count). The summed E-state index contributed by atoms with van der Waals surface area (Å²) in [5, 5.41) is 5.65. The summed E-state index contributed by atoms with van der Waals surface area (Å²) < 4.78 is 5.26. The lowest BCUT2D eigenvalue weighted by Crippen LogP contribution is -2.47. The molecule has 2 N–H and O–H groups in total. The van der Waals surface area contributed by atoms with Crippen LogP contribution < -0.4 is 10.6 Å². The van der Waals surface area contributed by atoms with Crippen molar-refractivity contribution in [1.82, 2.24) is 10.3 Å². The topological polar surface area (TPSA) is 97.4 Å². The van der Waals surface area contributed by atoms with Crippen LogP contribution >= 0.6 is 11.6 Å². The molecule has 1 heterocycles. The molecular weight excluding hydrogens is 346 g/mol. The Morgan fingerprint density at radius 1 is 1.28 bits per heavy atom. The Bertz CT molecular complexity index is 629. The normalized spacial score (nSPS) is 16.8. The Balaban J connectivity index is 1.94. The summed E-state index contributed by atoms with van der Waals surface area (Å²) in [6.45, 7) is 2.83. The van der Waals surface area contributed by atoms with Crippen LogP contribution in [0.15, 0.2) is 18.3 Å². The average molecular weight is 368 g/mol. The Hall–Kier alpha value is -2.15. The molecule has 1 aromatic heterocycles. The van der Waals surface area contributed by atoms with E-state index in [-0.39, 0.29) is 11.8 Å². The molecule has 0 spiro atoms. The van der Waals surface area contributed by atoms with Crippen LogP contribution in [0.1, 0.15) is 39.5 Å². The third-order valence-corrected chi connectivity index (χ3v) is 4.35. The van der Waals surface area contributed by atoms with Gasteiger partial charge in [0, 0.05) is 13.1 Å². The van der Waals surface area contributed by atoms with Crippen LogP contribution in [0.4, 0.5) is 5.82 Å². The molecular formula is C17H22ClN3O4. The number of nitrogens with one attached hydrogen (secondary N) is 2. The quantitative estimate of drug-likeness (QED) is 0.752. The zero-order valence-corrected chi connectivity index (χ0v) is 15.0. The van der Waals surface area contributed by atoms with Crippen LogP contribution in [0.3, 0.4) is 0 Å². The number of halogens is 1. The van der Waals surface area contributed by atoms with Gasteiger partial charge in [-0.1, -0.05) is 24.4 Å². The Morgan fingerprint density at radius 3 is 2.52 bits per heavy atom. The van der Waals surface area contributed by atoms with Crippen molar-refractivity contribution < 1.29 is 19.1 Å². The largest absolute Gasteiger partial charge is 0.451 e. The van der Waals surface area contributed by atoms with Gasteiger partial charge in [-0.2, -0.15) is 0 Å². The molecule has 8 heteroatoms. The maximum Gasteiger partial charge on any atom is 0.329 e. The summed E-state index contributed by atoms with van der Waals surface area (Å²) in [4.78, 5) is 39.9. The molecule has 1 saturated carbocycles. The van der Waals surface area contributed by atoms with E-state index in [0.717, 1.165) is 25.7 Å². The lowest BCUT2D eigenvalue weighted by Gasteiger charge is -2.24. The maximum atomic E-state index is 12.4. The van der Waals surface area contributed by atoms with E-state index in [1.165, 1.54) is 20.0 Å². The third-order valence-electron chi connectivity index (χ3n) is 4.12. The number of esters is 1. The van der Waals surface area contributed by atoms with Gasteiger partial charge in [0.2, 0.25) is 5.91 Å². The van der Waals surface area contributed by atoms with Crippen LogP contribution in [0.25, 0.3) is 0 Å². The highest BCUT2D eigenvalue weighted by Crippen LogP contribution is 2.28. The zero-order valence-electron chi connectivity index (χ0n) is 14.3. The highest BCUT2D eigenvalue weighted by molar-refractivity contribution is 6.30. The first-order valence-corrected chi connectivity index (χ1v) is 8.64. The molecule has 0 bridgehead atoms. The number of hydrogen-bond acceptors (Lipinski definition) is 5. The van der Waals surface area contributed by atoms with Crippen molar-refractivity contribution in [2.24, 2.45) is 5.92 Å². The molecule has 1 fully saturated rings. The van der Waals surface area contributed by atoms with Crippen molar-refractivity contribution >= 4 is 35.2 Å². The minimum Gasteiger partial charge on any atom is -0.451 e. The van der Waals surface area contributed by atoms with Crippen LogP contribution in [-0.4, -0.2) is 34.9 Å². The fourth-order valence-electron chi connectivity index (χ4n) is 2.86. The Morgan fingerprint density at radius 2 is 1.96 bits per heavy atom. The molecule has 0 aromatic carbocycles. The molecule has 0 radical (unpaired) electrons. The lowest BCUT2D eigenvalue weighted by molar-refractivity contribution is -0.157. The van der Waals surface area contributed by atoms with E-state index >= 15 is 0 Å². The summed E-state index contributed by atoms with van der Waals surface area (Å²) in [5.41, 5.74) is 0. The standard InChI is InChI=1S/C17H22ClN3O4/c1-10(16(23)21-14-8-7-13(18)9-19-14)25-17(24)15(20-11(2)22)12-5-3-4-6-12/h7-10,12,15H,3-6H2,1-2H3,(H,20,22)(H,19,21,23).